The maximum Gasteiger partial charge on any atom is 0.363 e. The minimum atomic E-state index is -0.783. The lowest BCUT2D eigenvalue weighted by atomic mass is 10.3. The van der Waals surface area contributed by atoms with Crippen molar-refractivity contribution in [3.05, 3.63) is 58.0 Å². The zero-order chi connectivity index (χ0) is 17.1. The van der Waals surface area contributed by atoms with Crippen molar-refractivity contribution in [2.75, 3.05) is 7.11 Å². The third kappa shape index (κ3) is 3.10. The summed E-state index contributed by atoms with van der Waals surface area (Å²) >= 11 is 1.24. The van der Waals surface area contributed by atoms with Crippen LogP contribution in [0, 0.1) is 10.1 Å². The Bertz CT molecular complexity index is 887. The predicted molar refractivity (Wildman–Crippen MR) is 84.4 cm³/mol. The van der Waals surface area contributed by atoms with E-state index in [1.165, 1.54) is 54.6 Å². The van der Waals surface area contributed by atoms with Crippen LogP contribution in [0.5, 0.6) is 11.5 Å². The van der Waals surface area contributed by atoms with E-state index < -0.39 is 10.9 Å². The Kier molecular flexibility index (Phi) is 4.25. The highest BCUT2D eigenvalue weighted by Gasteiger charge is 2.22. The van der Waals surface area contributed by atoms with Crippen LogP contribution in [0.1, 0.15) is 10.5 Å². The third-order valence-corrected chi connectivity index (χ3v) is 3.94. The molecule has 0 amide bonds. The number of rotatable bonds is 5. The average molecular weight is 346 g/mol. The molecular weight excluding hydrogens is 336 g/mol. The Balaban J connectivity index is 1.84. The molecule has 0 aliphatic rings. The molecule has 3 rings (SSSR count). The molecule has 2 heterocycles. The first-order valence-corrected chi connectivity index (χ1v) is 7.49. The van der Waals surface area contributed by atoms with Crippen molar-refractivity contribution in [2.24, 2.45) is 0 Å². The number of hydrogen-bond donors (Lipinski definition) is 0. The SMILES string of the molecule is COc1ccc(OC(=O)c2csc(-c3ccoc3)n2)c([N+](=O)[O-])c1. The van der Waals surface area contributed by atoms with E-state index in [0.29, 0.717) is 5.01 Å². The zero-order valence-electron chi connectivity index (χ0n) is 12.3. The largest absolute Gasteiger partial charge is 0.496 e. The second kappa shape index (κ2) is 6.50. The lowest BCUT2D eigenvalue weighted by molar-refractivity contribution is -0.385. The summed E-state index contributed by atoms with van der Waals surface area (Å²) in [7, 11) is 1.39. The molecule has 24 heavy (non-hydrogen) atoms. The molecule has 0 radical (unpaired) electrons. The normalized spacial score (nSPS) is 10.4. The number of nitrogens with zero attached hydrogens (tertiary/aromatic N) is 2. The number of nitro groups is 1. The van der Waals surface area contributed by atoms with Gasteiger partial charge in [0.2, 0.25) is 5.75 Å². The van der Waals surface area contributed by atoms with E-state index in [4.69, 9.17) is 13.9 Å². The first-order valence-electron chi connectivity index (χ1n) is 6.61. The van der Waals surface area contributed by atoms with E-state index in [0.717, 1.165) is 5.56 Å². The van der Waals surface area contributed by atoms with Crippen molar-refractivity contribution in [3.8, 4) is 22.1 Å². The second-order valence-corrected chi connectivity index (χ2v) is 5.39. The summed E-state index contributed by atoms with van der Waals surface area (Å²) < 4.78 is 15.0. The van der Waals surface area contributed by atoms with Gasteiger partial charge in [-0.3, -0.25) is 10.1 Å². The quantitative estimate of drug-likeness (QED) is 0.301. The molecule has 0 spiro atoms. The molecule has 0 unspecified atom stereocenters. The summed E-state index contributed by atoms with van der Waals surface area (Å²) in [6.07, 6.45) is 3.00. The molecule has 0 aliphatic heterocycles. The third-order valence-electron chi connectivity index (χ3n) is 3.05. The van der Waals surface area contributed by atoms with Gasteiger partial charge in [0.15, 0.2) is 5.69 Å². The van der Waals surface area contributed by atoms with Gasteiger partial charge in [-0.25, -0.2) is 9.78 Å². The lowest BCUT2D eigenvalue weighted by Gasteiger charge is -2.05. The molecule has 0 saturated carbocycles. The first-order chi connectivity index (χ1) is 11.6. The Morgan fingerprint density at radius 2 is 2.21 bits per heavy atom. The number of methoxy groups -OCH3 is 1. The average Bonchev–Trinajstić information content (AvgIpc) is 3.26. The fourth-order valence-electron chi connectivity index (χ4n) is 1.89. The van der Waals surface area contributed by atoms with E-state index in [2.05, 4.69) is 4.98 Å². The van der Waals surface area contributed by atoms with Gasteiger partial charge >= 0.3 is 11.7 Å². The number of carbonyl (C=O) groups is 1. The van der Waals surface area contributed by atoms with E-state index in [-0.39, 0.29) is 22.9 Å². The molecule has 0 aliphatic carbocycles. The number of benzene rings is 1. The van der Waals surface area contributed by atoms with Gasteiger partial charge in [0.1, 0.15) is 17.0 Å². The van der Waals surface area contributed by atoms with Crippen molar-refractivity contribution in [1.82, 2.24) is 4.98 Å². The van der Waals surface area contributed by atoms with Gasteiger partial charge in [-0.15, -0.1) is 11.3 Å². The summed E-state index contributed by atoms with van der Waals surface area (Å²) in [6.45, 7) is 0. The molecule has 9 heteroatoms. The van der Waals surface area contributed by atoms with Crippen molar-refractivity contribution >= 4 is 23.0 Å². The summed E-state index contributed by atoms with van der Waals surface area (Å²) in [5.41, 5.74) is 0.420. The fraction of sp³-hybridized carbons (Fsp3) is 0.0667. The van der Waals surface area contributed by atoms with Crippen LogP contribution >= 0.6 is 11.3 Å². The van der Waals surface area contributed by atoms with Crippen LogP contribution in [0.4, 0.5) is 5.69 Å². The van der Waals surface area contributed by atoms with E-state index >= 15 is 0 Å². The lowest BCUT2D eigenvalue weighted by Crippen LogP contribution is -2.10. The van der Waals surface area contributed by atoms with Gasteiger partial charge in [-0.05, 0) is 18.2 Å². The number of thiazole rings is 1. The van der Waals surface area contributed by atoms with Crippen LogP contribution in [0.2, 0.25) is 0 Å². The highest BCUT2D eigenvalue weighted by molar-refractivity contribution is 7.13. The monoisotopic (exact) mass is 346 g/mol. The highest BCUT2D eigenvalue weighted by atomic mass is 32.1. The summed E-state index contributed by atoms with van der Waals surface area (Å²) in [5.74, 6) is -0.671. The standard InChI is InChI=1S/C15H10N2O6S/c1-21-10-2-3-13(12(6-10)17(19)20)23-15(18)11-8-24-14(16-11)9-4-5-22-7-9/h2-8H,1H3. The zero-order valence-corrected chi connectivity index (χ0v) is 13.1. The summed E-state index contributed by atoms with van der Waals surface area (Å²) in [4.78, 5) is 26.8. The number of hydrogen-bond acceptors (Lipinski definition) is 8. The molecule has 0 bridgehead atoms. The number of nitro benzene ring substituents is 1. The number of aromatic nitrogens is 1. The molecule has 122 valence electrons. The molecule has 2 aromatic heterocycles. The van der Waals surface area contributed by atoms with Crippen molar-refractivity contribution in [1.29, 1.82) is 0 Å². The van der Waals surface area contributed by atoms with Crippen LogP contribution in [-0.2, 0) is 0 Å². The van der Waals surface area contributed by atoms with Gasteiger partial charge in [-0.2, -0.15) is 0 Å². The molecule has 0 N–H and O–H groups in total. The van der Waals surface area contributed by atoms with E-state index in [9.17, 15) is 14.9 Å². The maximum atomic E-state index is 12.2. The molecule has 8 nitrogen and oxygen atoms in total. The first kappa shape index (κ1) is 15.7. The van der Waals surface area contributed by atoms with Gasteiger partial charge in [0.25, 0.3) is 0 Å². The Morgan fingerprint density at radius 1 is 1.38 bits per heavy atom. The molecular formula is C15H10N2O6S. The van der Waals surface area contributed by atoms with Crippen molar-refractivity contribution in [3.63, 3.8) is 0 Å². The second-order valence-electron chi connectivity index (χ2n) is 4.53. The highest BCUT2D eigenvalue weighted by Crippen LogP contribution is 2.32. The Morgan fingerprint density at radius 3 is 2.88 bits per heavy atom. The molecule has 0 atom stereocenters. The van der Waals surface area contributed by atoms with Crippen LogP contribution < -0.4 is 9.47 Å². The van der Waals surface area contributed by atoms with E-state index in [1.807, 2.05) is 0 Å². The number of carbonyl (C=O) groups excluding carboxylic acids is 1. The van der Waals surface area contributed by atoms with Crippen LogP contribution in [0.3, 0.4) is 0 Å². The minimum Gasteiger partial charge on any atom is -0.496 e. The maximum absolute atomic E-state index is 12.2. The van der Waals surface area contributed by atoms with E-state index in [1.54, 1.807) is 6.07 Å². The molecule has 1 aromatic carbocycles. The Hall–Kier alpha value is -3.20. The fourth-order valence-corrected chi connectivity index (χ4v) is 2.67. The number of furan rings is 1. The topological polar surface area (TPSA) is 105 Å². The van der Waals surface area contributed by atoms with Crippen molar-refractivity contribution in [2.45, 2.75) is 0 Å². The van der Waals surface area contributed by atoms with Gasteiger partial charge in [-0.1, -0.05) is 0 Å². The van der Waals surface area contributed by atoms with Gasteiger partial charge < -0.3 is 13.9 Å². The minimum absolute atomic E-state index is 0.0568. The van der Waals surface area contributed by atoms with Crippen LogP contribution in [0.25, 0.3) is 10.6 Å². The molecule has 0 fully saturated rings. The van der Waals surface area contributed by atoms with Gasteiger partial charge in [0, 0.05) is 10.9 Å². The molecule has 3 aromatic rings. The number of ether oxygens (including phenoxy) is 2. The smallest absolute Gasteiger partial charge is 0.363 e. The molecule has 0 saturated heterocycles. The van der Waals surface area contributed by atoms with Gasteiger partial charge in [0.05, 0.1) is 24.4 Å². The van der Waals surface area contributed by atoms with Crippen LogP contribution in [-0.4, -0.2) is 23.0 Å². The summed E-state index contributed by atoms with van der Waals surface area (Å²) in [6, 6.07) is 5.66. The Labute approximate surface area is 139 Å². The number of esters is 1. The van der Waals surface area contributed by atoms with Crippen molar-refractivity contribution < 1.29 is 23.6 Å². The predicted octanol–water partition coefficient (Wildman–Crippen LogP) is 3.54. The van der Waals surface area contributed by atoms with Crippen LogP contribution in [0.15, 0.2) is 46.6 Å². The summed E-state index contributed by atoms with van der Waals surface area (Å²) in [5, 5.41) is 13.2.